The molecule has 1 aromatic heterocycles. The third-order valence-electron chi connectivity index (χ3n) is 6.43. The molecule has 0 N–H and O–H groups in total. The van der Waals surface area contributed by atoms with Crippen molar-refractivity contribution in [1.82, 2.24) is 4.98 Å². The van der Waals surface area contributed by atoms with Crippen LogP contribution in [0.4, 0.5) is 15.8 Å². The molecule has 2 saturated heterocycles. The van der Waals surface area contributed by atoms with Crippen molar-refractivity contribution in [3.05, 3.63) is 54.1 Å². The molecule has 2 unspecified atom stereocenters. The average molecular weight is 400 g/mol. The number of anilines is 2. The number of nitrogens with zero attached hydrogens (tertiary/aromatic N) is 3. The molecule has 2 aromatic rings. The predicted molar refractivity (Wildman–Crippen MR) is 113 cm³/mol. The normalized spacial score (nSPS) is 22.4. The maximum absolute atomic E-state index is 13.7. The Kier molecular flexibility index (Phi) is 6.01. The van der Waals surface area contributed by atoms with E-state index in [4.69, 9.17) is 14.5 Å². The number of hydrogen-bond donors (Lipinski definition) is 0. The van der Waals surface area contributed by atoms with E-state index in [1.54, 1.807) is 19.2 Å². The van der Waals surface area contributed by atoms with Crippen LogP contribution < -0.4 is 9.80 Å². The molecule has 6 heteroatoms. The summed E-state index contributed by atoms with van der Waals surface area (Å²) < 4.78 is 25.3. The van der Waals surface area contributed by atoms with Crippen molar-refractivity contribution in [2.75, 3.05) is 56.3 Å². The summed E-state index contributed by atoms with van der Waals surface area (Å²) in [7, 11) is 1.77. The van der Waals surface area contributed by atoms with E-state index in [2.05, 4.69) is 28.9 Å². The number of methoxy groups -OCH3 is 1. The molecule has 1 aromatic carbocycles. The van der Waals surface area contributed by atoms with Crippen molar-refractivity contribution < 1.29 is 13.9 Å². The number of aromatic nitrogens is 1. The first kappa shape index (κ1) is 20.1. The largest absolute Gasteiger partial charge is 0.378 e. The lowest BCUT2D eigenvalue weighted by Crippen LogP contribution is -2.46. The van der Waals surface area contributed by atoms with E-state index >= 15 is 0 Å². The average Bonchev–Trinajstić information content (AvgIpc) is 2.79. The maximum atomic E-state index is 13.7. The molecule has 0 amide bonds. The van der Waals surface area contributed by atoms with Gasteiger partial charge < -0.3 is 19.3 Å². The summed E-state index contributed by atoms with van der Waals surface area (Å²) in [5.74, 6) is 0.0657. The fraction of sp³-hybridized carbons (Fsp3) is 0.522. The van der Waals surface area contributed by atoms with Gasteiger partial charge in [-0.2, -0.15) is 0 Å². The number of rotatable bonds is 5. The van der Waals surface area contributed by atoms with Crippen molar-refractivity contribution in [3.8, 4) is 0 Å². The zero-order valence-corrected chi connectivity index (χ0v) is 17.3. The van der Waals surface area contributed by atoms with Crippen LogP contribution in [0.25, 0.3) is 0 Å². The number of pyridine rings is 1. The van der Waals surface area contributed by atoms with Crippen molar-refractivity contribution in [2.24, 2.45) is 5.92 Å². The Labute approximate surface area is 172 Å². The number of halogens is 1. The van der Waals surface area contributed by atoms with E-state index in [0.29, 0.717) is 0 Å². The topological polar surface area (TPSA) is 37.8 Å². The molecule has 5 nitrogen and oxygen atoms in total. The molecular formula is C23H30FN3O2. The van der Waals surface area contributed by atoms with Crippen LogP contribution in [-0.4, -0.2) is 51.5 Å². The number of morpholine rings is 1. The number of piperidine rings is 1. The minimum absolute atomic E-state index is 0.195. The molecule has 0 aliphatic carbocycles. The molecule has 0 spiro atoms. The molecule has 2 atom stereocenters. The molecule has 0 bridgehead atoms. The summed E-state index contributed by atoms with van der Waals surface area (Å²) in [6, 6.07) is 11.1. The Bertz CT molecular complexity index is 827. The van der Waals surface area contributed by atoms with Crippen LogP contribution in [0, 0.1) is 11.7 Å². The van der Waals surface area contributed by atoms with Gasteiger partial charge in [-0.3, -0.25) is 4.98 Å². The number of ether oxygens (including phenoxy) is 2. The summed E-state index contributed by atoms with van der Waals surface area (Å²) in [4.78, 5) is 9.31. The van der Waals surface area contributed by atoms with Crippen LogP contribution in [0.15, 0.2) is 42.6 Å². The van der Waals surface area contributed by atoms with Gasteiger partial charge in [0.05, 0.1) is 18.9 Å². The van der Waals surface area contributed by atoms with Gasteiger partial charge in [0.2, 0.25) is 0 Å². The lowest BCUT2D eigenvalue weighted by Gasteiger charge is -2.43. The van der Waals surface area contributed by atoms with Crippen LogP contribution in [-0.2, 0) is 15.1 Å². The highest BCUT2D eigenvalue weighted by Gasteiger charge is 2.40. The fourth-order valence-corrected chi connectivity index (χ4v) is 4.52. The maximum Gasteiger partial charge on any atom is 0.125 e. The standard InChI is InChI=1S/C23H30FN3O2/c1-23(28-2,22-16-21(8-9-25-22)26-11-13-29-14-12-26)18-5-4-10-27(17-18)20-7-3-6-19(24)15-20/h3,6-9,15-16,18H,4-5,10-14,17H2,1-2H3. The molecule has 0 radical (unpaired) electrons. The molecule has 3 heterocycles. The van der Waals surface area contributed by atoms with E-state index in [9.17, 15) is 4.39 Å². The lowest BCUT2D eigenvalue weighted by molar-refractivity contribution is -0.0564. The van der Waals surface area contributed by atoms with Crippen molar-refractivity contribution in [1.29, 1.82) is 0 Å². The SMILES string of the molecule is COC(C)(c1cc(N2CCOCC2)ccn1)C1CCCN(c2cccc(F)c2)C1. The summed E-state index contributed by atoms with van der Waals surface area (Å²) in [6.45, 7) is 7.18. The van der Waals surface area contributed by atoms with E-state index in [1.807, 2.05) is 12.3 Å². The van der Waals surface area contributed by atoms with Gasteiger partial charge in [-0.1, -0.05) is 6.07 Å². The van der Waals surface area contributed by atoms with E-state index in [1.165, 1.54) is 11.8 Å². The molecular weight excluding hydrogens is 369 g/mol. The van der Waals surface area contributed by atoms with Gasteiger partial charge in [0.15, 0.2) is 0 Å². The Morgan fingerprint density at radius 1 is 1.10 bits per heavy atom. The Morgan fingerprint density at radius 3 is 2.66 bits per heavy atom. The lowest BCUT2D eigenvalue weighted by atomic mass is 9.80. The smallest absolute Gasteiger partial charge is 0.125 e. The van der Waals surface area contributed by atoms with Crippen molar-refractivity contribution in [2.45, 2.75) is 25.4 Å². The van der Waals surface area contributed by atoms with Crippen LogP contribution in [0.2, 0.25) is 0 Å². The predicted octanol–water partition coefficient (Wildman–Crippen LogP) is 3.84. The minimum atomic E-state index is -0.506. The molecule has 156 valence electrons. The van der Waals surface area contributed by atoms with Gasteiger partial charge >= 0.3 is 0 Å². The third kappa shape index (κ3) is 4.23. The molecule has 29 heavy (non-hydrogen) atoms. The van der Waals surface area contributed by atoms with Gasteiger partial charge in [0.1, 0.15) is 11.4 Å². The van der Waals surface area contributed by atoms with Gasteiger partial charge in [-0.15, -0.1) is 0 Å². The first-order chi connectivity index (χ1) is 14.1. The van der Waals surface area contributed by atoms with Crippen LogP contribution in [0.3, 0.4) is 0 Å². The minimum Gasteiger partial charge on any atom is -0.378 e. The third-order valence-corrected chi connectivity index (χ3v) is 6.43. The summed E-state index contributed by atoms with van der Waals surface area (Å²) in [5.41, 5.74) is 2.55. The quantitative estimate of drug-likeness (QED) is 0.764. The molecule has 4 rings (SSSR count). The van der Waals surface area contributed by atoms with Crippen LogP contribution in [0.5, 0.6) is 0 Å². The second-order valence-electron chi connectivity index (χ2n) is 8.07. The van der Waals surface area contributed by atoms with Crippen molar-refractivity contribution >= 4 is 11.4 Å². The fourth-order valence-electron chi connectivity index (χ4n) is 4.52. The Morgan fingerprint density at radius 2 is 1.90 bits per heavy atom. The van der Waals surface area contributed by atoms with Gasteiger partial charge in [0, 0.05) is 56.8 Å². The molecule has 2 aliphatic heterocycles. The van der Waals surface area contributed by atoms with Crippen molar-refractivity contribution in [3.63, 3.8) is 0 Å². The zero-order chi connectivity index (χ0) is 20.3. The number of hydrogen-bond acceptors (Lipinski definition) is 5. The van der Waals surface area contributed by atoms with E-state index < -0.39 is 5.60 Å². The highest BCUT2D eigenvalue weighted by Crippen LogP contribution is 2.39. The van der Waals surface area contributed by atoms with E-state index in [-0.39, 0.29) is 11.7 Å². The van der Waals surface area contributed by atoms with Crippen LogP contribution in [0.1, 0.15) is 25.5 Å². The highest BCUT2D eigenvalue weighted by molar-refractivity contribution is 5.49. The highest BCUT2D eigenvalue weighted by atomic mass is 19.1. The Balaban J connectivity index is 1.58. The monoisotopic (exact) mass is 399 g/mol. The first-order valence-corrected chi connectivity index (χ1v) is 10.4. The first-order valence-electron chi connectivity index (χ1n) is 10.4. The molecule has 2 aliphatic rings. The summed E-state index contributed by atoms with van der Waals surface area (Å²) in [5, 5.41) is 0. The zero-order valence-electron chi connectivity index (χ0n) is 17.3. The Hall–Kier alpha value is -2.18. The second kappa shape index (κ2) is 8.67. The summed E-state index contributed by atoms with van der Waals surface area (Å²) >= 11 is 0. The second-order valence-corrected chi connectivity index (χ2v) is 8.07. The van der Waals surface area contributed by atoms with Crippen LogP contribution >= 0.6 is 0 Å². The van der Waals surface area contributed by atoms with Gasteiger partial charge in [0.25, 0.3) is 0 Å². The summed E-state index contributed by atoms with van der Waals surface area (Å²) in [6.07, 6.45) is 3.98. The molecule has 0 saturated carbocycles. The van der Waals surface area contributed by atoms with E-state index in [0.717, 1.165) is 63.6 Å². The molecule has 2 fully saturated rings. The van der Waals surface area contributed by atoms with Gasteiger partial charge in [-0.05, 0) is 50.1 Å². The van der Waals surface area contributed by atoms with Gasteiger partial charge in [-0.25, -0.2) is 4.39 Å². The number of benzene rings is 1.